The van der Waals surface area contributed by atoms with E-state index in [1.807, 2.05) is 24.3 Å². The molecule has 25 heavy (non-hydrogen) atoms. The number of halogens is 1. The molecule has 0 fully saturated rings. The Morgan fingerprint density at radius 2 is 1.80 bits per heavy atom. The lowest BCUT2D eigenvalue weighted by Crippen LogP contribution is -2.27. The number of carbonyl (C=O) groups excluding carboxylic acids is 1. The van der Waals surface area contributed by atoms with Crippen LogP contribution in [0.4, 0.5) is 5.69 Å². The Morgan fingerprint density at radius 1 is 1.16 bits per heavy atom. The minimum absolute atomic E-state index is 0.0426. The minimum atomic E-state index is -3.77. The third kappa shape index (κ3) is 5.04. The van der Waals surface area contributed by atoms with Gasteiger partial charge in [0.15, 0.2) is 0 Å². The van der Waals surface area contributed by atoms with Gasteiger partial charge in [-0.2, -0.15) is 0 Å². The van der Waals surface area contributed by atoms with Crippen LogP contribution in [0.2, 0.25) is 0 Å². The number of hydrogen-bond donors (Lipinski definition) is 2. The SMILES string of the molecule is COc1ccc(S(=O)(=O)N[C@H](C)c2ccc(Br)cc2)cc1NC(C)=O. The van der Waals surface area contributed by atoms with Crippen LogP contribution in [-0.4, -0.2) is 21.4 Å². The van der Waals surface area contributed by atoms with Crippen LogP contribution in [0.1, 0.15) is 25.5 Å². The number of methoxy groups -OCH3 is 1. The largest absolute Gasteiger partial charge is 0.495 e. The van der Waals surface area contributed by atoms with Crippen molar-refractivity contribution in [1.82, 2.24) is 4.72 Å². The molecule has 2 N–H and O–H groups in total. The number of hydrogen-bond acceptors (Lipinski definition) is 4. The number of anilines is 1. The van der Waals surface area contributed by atoms with Crippen molar-refractivity contribution in [2.45, 2.75) is 24.8 Å². The van der Waals surface area contributed by atoms with Crippen molar-refractivity contribution in [2.75, 3.05) is 12.4 Å². The van der Waals surface area contributed by atoms with Gasteiger partial charge in [0, 0.05) is 17.4 Å². The van der Waals surface area contributed by atoms with E-state index in [0.29, 0.717) is 11.4 Å². The Morgan fingerprint density at radius 3 is 2.36 bits per heavy atom. The molecule has 0 aliphatic rings. The first-order valence-corrected chi connectivity index (χ1v) is 9.74. The summed E-state index contributed by atoms with van der Waals surface area (Å²) in [5.41, 5.74) is 1.14. The molecule has 0 saturated heterocycles. The number of rotatable bonds is 6. The maximum absolute atomic E-state index is 12.6. The highest BCUT2D eigenvalue weighted by molar-refractivity contribution is 9.10. The zero-order valence-electron chi connectivity index (χ0n) is 14.0. The smallest absolute Gasteiger partial charge is 0.241 e. The van der Waals surface area contributed by atoms with Gasteiger partial charge in [0.25, 0.3) is 0 Å². The fourth-order valence-electron chi connectivity index (χ4n) is 2.26. The Kier molecular flexibility index (Phi) is 6.21. The van der Waals surface area contributed by atoms with Crippen LogP contribution in [0, 0.1) is 0 Å². The van der Waals surface area contributed by atoms with Crippen LogP contribution in [0.15, 0.2) is 51.8 Å². The molecule has 0 heterocycles. The van der Waals surface area contributed by atoms with E-state index in [4.69, 9.17) is 4.74 Å². The Labute approximate surface area is 155 Å². The predicted molar refractivity (Wildman–Crippen MR) is 100 cm³/mol. The molecule has 2 aromatic carbocycles. The fraction of sp³-hybridized carbons (Fsp3) is 0.235. The van der Waals surface area contributed by atoms with Crippen molar-refractivity contribution in [3.8, 4) is 5.75 Å². The molecule has 0 saturated carbocycles. The van der Waals surface area contributed by atoms with E-state index >= 15 is 0 Å². The molecule has 0 aromatic heterocycles. The van der Waals surface area contributed by atoms with E-state index in [0.717, 1.165) is 10.0 Å². The van der Waals surface area contributed by atoms with Crippen molar-refractivity contribution < 1.29 is 17.9 Å². The van der Waals surface area contributed by atoms with E-state index in [2.05, 4.69) is 26.0 Å². The quantitative estimate of drug-likeness (QED) is 0.740. The molecule has 2 aromatic rings. The summed E-state index contributed by atoms with van der Waals surface area (Å²) in [6.07, 6.45) is 0. The lowest BCUT2D eigenvalue weighted by Gasteiger charge is -2.16. The zero-order chi connectivity index (χ0) is 18.6. The molecule has 1 amide bonds. The maximum Gasteiger partial charge on any atom is 0.241 e. The van der Waals surface area contributed by atoms with Gasteiger partial charge in [-0.05, 0) is 42.8 Å². The van der Waals surface area contributed by atoms with Crippen LogP contribution >= 0.6 is 15.9 Å². The summed E-state index contributed by atoms with van der Waals surface area (Å²) >= 11 is 3.35. The molecule has 8 heteroatoms. The Bertz CT molecular complexity index is 867. The second kappa shape index (κ2) is 7.99. The normalized spacial score (nSPS) is 12.5. The van der Waals surface area contributed by atoms with Crippen LogP contribution in [0.5, 0.6) is 5.75 Å². The standard InChI is InChI=1S/C17H19BrN2O4S/c1-11(13-4-6-14(18)7-5-13)20-25(22,23)15-8-9-17(24-3)16(10-15)19-12(2)21/h4-11,20H,1-3H3,(H,19,21)/t11-/m1/s1. The van der Waals surface area contributed by atoms with Gasteiger partial charge >= 0.3 is 0 Å². The second-order valence-corrected chi connectivity index (χ2v) is 8.07. The lowest BCUT2D eigenvalue weighted by atomic mass is 10.1. The second-order valence-electron chi connectivity index (χ2n) is 5.44. The summed E-state index contributed by atoms with van der Waals surface area (Å²) in [5.74, 6) is 0.0687. The van der Waals surface area contributed by atoms with Gasteiger partial charge in [0.1, 0.15) is 5.75 Å². The molecule has 2 rings (SSSR count). The van der Waals surface area contributed by atoms with Crippen molar-refractivity contribution in [3.63, 3.8) is 0 Å². The molecule has 134 valence electrons. The number of amides is 1. The van der Waals surface area contributed by atoms with Gasteiger partial charge in [-0.15, -0.1) is 0 Å². The van der Waals surface area contributed by atoms with Gasteiger partial charge in [0.05, 0.1) is 17.7 Å². The number of nitrogens with one attached hydrogen (secondary N) is 2. The van der Waals surface area contributed by atoms with Crippen LogP contribution in [0.3, 0.4) is 0 Å². The number of benzene rings is 2. The van der Waals surface area contributed by atoms with Crippen LogP contribution in [-0.2, 0) is 14.8 Å². The highest BCUT2D eigenvalue weighted by Gasteiger charge is 2.20. The summed E-state index contributed by atoms with van der Waals surface area (Å²) < 4.78 is 34.0. The fourth-order valence-corrected chi connectivity index (χ4v) is 3.78. The molecule has 1 atom stereocenters. The zero-order valence-corrected chi connectivity index (χ0v) is 16.4. The Hall–Kier alpha value is -1.90. The summed E-state index contributed by atoms with van der Waals surface area (Å²) in [5, 5.41) is 2.57. The predicted octanol–water partition coefficient (Wildman–Crippen LogP) is 3.46. The summed E-state index contributed by atoms with van der Waals surface area (Å²) in [4.78, 5) is 11.3. The first kappa shape index (κ1) is 19.4. The van der Waals surface area contributed by atoms with Gasteiger partial charge in [-0.25, -0.2) is 13.1 Å². The lowest BCUT2D eigenvalue weighted by molar-refractivity contribution is -0.114. The maximum atomic E-state index is 12.6. The third-order valence-corrected chi connectivity index (χ3v) is 5.56. The highest BCUT2D eigenvalue weighted by Crippen LogP contribution is 2.28. The highest BCUT2D eigenvalue weighted by atomic mass is 79.9. The van der Waals surface area contributed by atoms with E-state index in [1.54, 1.807) is 6.92 Å². The molecular formula is C17H19BrN2O4S. The number of carbonyl (C=O) groups is 1. The van der Waals surface area contributed by atoms with E-state index in [9.17, 15) is 13.2 Å². The summed E-state index contributed by atoms with van der Waals surface area (Å²) in [6.45, 7) is 3.10. The Balaban J connectivity index is 2.29. The van der Waals surface area contributed by atoms with Crippen molar-refractivity contribution >= 4 is 37.5 Å². The van der Waals surface area contributed by atoms with Gasteiger partial charge in [-0.3, -0.25) is 4.79 Å². The molecule has 0 unspecified atom stereocenters. The summed E-state index contributed by atoms with van der Waals surface area (Å²) in [7, 11) is -2.32. The number of sulfonamides is 1. The molecule has 0 bridgehead atoms. The molecule has 6 nitrogen and oxygen atoms in total. The number of ether oxygens (including phenoxy) is 1. The van der Waals surface area contributed by atoms with Crippen LogP contribution in [0.25, 0.3) is 0 Å². The van der Waals surface area contributed by atoms with Crippen molar-refractivity contribution in [2.24, 2.45) is 0 Å². The van der Waals surface area contributed by atoms with E-state index in [1.165, 1.54) is 32.2 Å². The summed E-state index contributed by atoms with van der Waals surface area (Å²) in [6, 6.07) is 11.3. The first-order valence-electron chi connectivity index (χ1n) is 7.46. The molecule has 0 aliphatic heterocycles. The van der Waals surface area contributed by atoms with E-state index < -0.39 is 16.1 Å². The van der Waals surface area contributed by atoms with Gasteiger partial charge in [0.2, 0.25) is 15.9 Å². The monoisotopic (exact) mass is 426 g/mol. The van der Waals surface area contributed by atoms with Crippen molar-refractivity contribution in [3.05, 3.63) is 52.5 Å². The minimum Gasteiger partial charge on any atom is -0.495 e. The van der Waals surface area contributed by atoms with Gasteiger partial charge in [-0.1, -0.05) is 28.1 Å². The molecule has 0 radical (unpaired) electrons. The first-order chi connectivity index (χ1) is 11.7. The molecule has 0 spiro atoms. The van der Waals surface area contributed by atoms with Crippen LogP contribution < -0.4 is 14.8 Å². The molecular weight excluding hydrogens is 408 g/mol. The average molecular weight is 427 g/mol. The third-order valence-electron chi connectivity index (χ3n) is 3.49. The molecule has 0 aliphatic carbocycles. The average Bonchev–Trinajstić information content (AvgIpc) is 2.54. The van der Waals surface area contributed by atoms with Crippen molar-refractivity contribution in [1.29, 1.82) is 0 Å². The van der Waals surface area contributed by atoms with Gasteiger partial charge < -0.3 is 10.1 Å². The topological polar surface area (TPSA) is 84.5 Å². The van der Waals surface area contributed by atoms with E-state index in [-0.39, 0.29) is 10.8 Å².